The highest BCUT2D eigenvalue weighted by molar-refractivity contribution is 8.26. The van der Waals surface area contributed by atoms with Crippen LogP contribution in [0.4, 0.5) is 15.9 Å². The maximum absolute atomic E-state index is 13.8. The highest BCUT2D eigenvalue weighted by atomic mass is 32.2. The number of halogens is 1. The molecule has 2 aromatic carbocycles. The summed E-state index contributed by atoms with van der Waals surface area (Å²) in [6.45, 7) is 2.96. The third kappa shape index (κ3) is 4.86. The van der Waals surface area contributed by atoms with Gasteiger partial charge in [0.1, 0.15) is 21.6 Å². The molecule has 42 heavy (non-hydrogen) atoms. The molecular weight excluding hydrogens is 577 g/mol. The number of hydrogen-bond donors (Lipinski definition) is 0. The van der Waals surface area contributed by atoms with Crippen molar-refractivity contribution in [1.29, 1.82) is 0 Å². The number of rotatable bonds is 5. The maximum Gasteiger partial charge on any atom is 0.267 e. The van der Waals surface area contributed by atoms with Crippen LogP contribution in [0, 0.1) is 5.82 Å². The second-order valence-corrected chi connectivity index (χ2v) is 11.7. The normalized spacial score (nSPS) is 17.6. The Balaban J connectivity index is 1.19. The number of pyridine rings is 1. The van der Waals surface area contributed by atoms with Gasteiger partial charge in [0, 0.05) is 38.1 Å². The number of fused-ring (bicyclic) bond motifs is 2. The zero-order valence-electron chi connectivity index (χ0n) is 22.2. The van der Waals surface area contributed by atoms with Crippen molar-refractivity contribution in [2.75, 3.05) is 42.8 Å². The smallest absolute Gasteiger partial charge is 0.267 e. The van der Waals surface area contributed by atoms with Crippen LogP contribution in [0.5, 0.6) is 11.5 Å². The topological polar surface area (TPSA) is 79.6 Å². The Morgan fingerprint density at radius 3 is 2.52 bits per heavy atom. The van der Waals surface area contributed by atoms with Crippen LogP contribution in [0.25, 0.3) is 11.7 Å². The molecule has 2 fully saturated rings. The van der Waals surface area contributed by atoms with Crippen molar-refractivity contribution >= 4 is 57.4 Å². The summed E-state index contributed by atoms with van der Waals surface area (Å²) in [5.74, 6) is 1.27. The summed E-state index contributed by atoms with van der Waals surface area (Å²) in [5.41, 5.74) is 2.37. The van der Waals surface area contributed by atoms with Gasteiger partial charge < -0.3 is 19.3 Å². The third-order valence-corrected chi connectivity index (χ3v) is 8.82. The van der Waals surface area contributed by atoms with E-state index < -0.39 is 0 Å². The first-order chi connectivity index (χ1) is 20.4. The average molecular weight is 602 g/mol. The van der Waals surface area contributed by atoms with Gasteiger partial charge in [-0.25, -0.2) is 9.37 Å². The first-order valence-corrected chi connectivity index (χ1v) is 14.6. The van der Waals surface area contributed by atoms with Crippen LogP contribution in [0.3, 0.4) is 0 Å². The molecule has 0 aliphatic carbocycles. The summed E-state index contributed by atoms with van der Waals surface area (Å²) >= 11 is 6.75. The van der Waals surface area contributed by atoms with Gasteiger partial charge >= 0.3 is 0 Å². The lowest BCUT2D eigenvalue weighted by Gasteiger charge is -2.37. The van der Waals surface area contributed by atoms with Gasteiger partial charge in [0.05, 0.1) is 17.0 Å². The number of carbonyl (C=O) groups is 1. The predicted molar refractivity (Wildman–Crippen MR) is 164 cm³/mol. The number of thioether (sulfide) groups is 1. The molecule has 0 N–H and O–H groups in total. The Morgan fingerprint density at radius 1 is 0.952 bits per heavy atom. The highest BCUT2D eigenvalue weighted by Gasteiger charge is 2.33. The molecule has 0 spiro atoms. The molecule has 5 heterocycles. The molecule has 0 unspecified atom stereocenters. The van der Waals surface area contributed by atoms with Crippen molar-refractivity contribution in [1.82, 2.24) is 14.3 Å². The van der Waals surface area contributed by atoms with Crippen LogP contribution in [-0.4, -0.2) is 57.5 Å². The molecular formula is C30H24FN5O4S2. The molecule has 212 valence electrons. The number of carbonyl (C=O) groups excluding carboxylic acids is 1. The van der Waals surface area contributed by atoms with Crippen molar-refractivity contribution in [3.05, 3.63) is 99.1 Å². The summed E-state index contributed by atoms with van der Waals surface area (Å²) in [6.07, 6.45) is 3.29. The minimum absolute atomic E-state index is 0.168. The first-order valence-electron chi connectivity index (χ1n) is 13.4. The summed E-state index contributed by atoms with van der Waals surface area (Å²) in [5, 5.41) is 0. The molecule has 4 aromatic rings. The number of ether oxygens (including phenoxy) is 2. The largest absolute Gasteiger partial charge is 0.454 e. The fourth-order valence-electron chi connectivity index (χ4n) is 5.28. The van der Waals surface area contributed by atoms with Crippen molar-refractivity contribution < 1.29 is 18.7 Å². The van der Waals surface area contributed by atoms with E-state index in [1.807, 2.05) is 24.3 Å². The molecule has 0 bridgehead atoms. The zero-order chi connectivity index (χ0) is 28.8. The van der Waals surface area contributed by atoms with Crippen LogP contribution in [0.15, 0.2) is 76.6 Å². The van der Waals surface area contributed by atoms with Crippen molar-refractivity contribution in [2.45, 2.75) is 6.54 Å². The predicted octanol–water partition coefficient (Wildman–Crippen LogP) is 4.29. The number of hydrogen-bond acceptors (Lipinski definition) is 9. The fraction of sp³-hybridized carbons (Fsp3) is 0.200. The molecule has 3 aliphatic rings. The van der Waals surface area contributed by atoms with Gasteiger partial charge in [0.2, 0.25) is 6.79 Å². The Labute approximate surface area is 249 Å². The number of anilines is 2. The standard InChI is InChI=1S/C30H24FN5O4S2/c31-20-5-7-21(8-6-20)33-11-13-34(14-12-33)27-22(28(37)35-10-2-1-3-26(35)32-27)16-25-29(38)36(30(41)42-25)17-19-4-9-23-24(15-19)40-18-39-23/h1-10,15-16H,11-14,17-18H2. The lowest BCUT2D eigenvalue weighted by Crippen LogP contribution is -2.47. The number of nitrogens with zero attached hydrogens (tertiary/aromatic N) is 5. The van der Waals surface area contributed by atoms with Crippen molar-refractivity contribution in [2.24, 2.45) is 0 Å². The highest BCUT2D eigenvalue weighted by Crippen LogP contribution is 2.37. The van der Waals surface area contributed by atoms with Crippen LogP contribution >= 0.6 is 24.0 Å². The second-order valence-electron chi connectivity index (χ2n) is 9.99. The first kappa shape index (κ1) is 26.5. The van der Waals surface area contributed by atoms with E-state index in [0.29, 0.717) is 63.9 Å². The van der Waals surface area contributed by atoms with Crippen LogP contribution in [-0.2, 0) is 11.3 Å². The van der Waals surface area contributed by atoms with E-state index >= 15 is 0 Å². The van der Waals surface area contributed by atoms with Gasteiger partial charge in [0.15, 0.2) is 11.5 Å². The van der Waals surface area contributed by atoms with Gasteiger partial charge in [-0.2, -0.15) is 0 Å². The van der Waals surface area contributed by atoms with Crippen LogP contribution < -0.4 is 24.8 Å². The Bertz CT molecular complexity index is 1820. The Morgan fingerprint density at radius 2 is 1.71 bits per heavy atom. The maximum atomic E-state index is 13.8. The molecule has 3 aliphatic heterocycles. The molecule has 12 heteroatoms. The van der Waals surface area contributed by atoms with E-state index in [0.717, 1.165) is 11.3 Å². The number of piperazine rings is 1. The Kier molecular flexibility index (Phi) is 6.79. The molecule has 0 saturated carbocycles. The van der Waals surface area contributed by atoms with Crippen LogP contribution in [0.1, 0.15) is 11.1 Å². The molecule has 1 amide bonds. The zero-order valence-corrected chi connectivity index (χ0v) is 23.9. The molecule has 0 radical (unpaired) electrons. The number of thiocarbonyl (C=S) groups is 1. The Hall–Kier alpha value is -4.42. The summed E-state index contributed by atoms with van der Waals surface area (Å²) in [7, 11) is 0. The van der Waals surface area contributed by atoms with Gasteiger partial charge in [-0.05, 0) is 60.2 Å². The molecule has 0 atom stereocenters. The molecule has 9 nitrogen and oxygen atoms in total. The lowest BCUT2D eigenvalue weighted by molar-refractivity contribution is -0.122. The summed E-state index contributed by atoms with van der Waals surface area (Å²) in [4.78, 5) is 38.3. The van der Waals surface area contributed by atoms with Gasteiger partial charge in [-0.1, -0.05) is 36.1 Å². The van der Waals surface area contributed by atoms with E-state index in [1.54, 1.807) is 36.5 Å². The van der Waals surface area contributed by atoms with E-state index in [1.165, 1.54) is 33.2 Å². The van der Waals surface area contributed by atoms with Gasteiger partial charge in [-0.15, -0.1) is 0 Å². The van der Waals surface area contributed by atoms with E-state index in [-0.39, 0.29) is 30.6 Å². The van der Waals surface area contributed by atoms with E-state index in [4.69, 9.17) is 26.7 Å². The quantitative estimate of drug-likeness (QED) is 0.246. The molecule has 2 saturated heterocycles. The van der Waals surface area contributed by atoms with Crippen molar-refractivity contribution in [3.8, 4) is 11.5 Å². The van der Waals surface area contributed by atoms with Crippen molar-refractivity contribution in [3.63, 3.8) is 0 Å². The fourth-order valence-corrected chi connectivity index (χ4v) is 6.51. The second kappa shape index (κ2) is 10.8. The van der Waals surface area contributed by atoms with Gasteiger partial charge in [0.25, 0.3) is 11.5 Å². The minimum atomic E-state index is -0.274. The average Bonchev–Trinajstić information content (AvgIpc) is 3.58. The number of benzene rings is 2. The van der Waals surface area contributed by atoms with E-state index in [9.17, 15) is 14.0 Å². The van der Waals surface area contributed by atoms with E-state index in [2.05, 4.69) is 9.80 Å². The van der Waals surface area contributed by atoms with Gasteiger partial charge in [-0.3, -0.25) is 18.9 Å². The van der Waals surface area contributed by atoms with Crippen LogP contribution in [0.2, 0.25) is 0 Å². The molecule has 7 rings (SSSR count). The SMILES string of the molecule is O=C1C(=Cc2c(N3CCN(c4ccc(F)cc4)CC3)nc3ccccn3c2=O)SC(=S)N1Cc1ccc2c(c1)OCO2. The minimum Gasteiger partial charge on any atom is -0.454 e. The summed E-state index contributed by atoms with van der Waals surface area (Å²) < 4.78 is 26.2. The molecule has 2 aromatic heterocycles. The third-order valence-electron chi connectivity index (χ3n) is 7.45. The monoisotopic (exact) mass is 601 g/mol. The summed E-state index contributed by atoms with van der Waals surface area (Å²) in [6, 6.07) is 17.4. The number of aromatic nitrogens is 2. The lowest BCUT2D eigenvalue weighted by atomic mass is 10.2. The number of amides is 1.